The van der Waals surface area contributed by atoms with Crippen LogP contribution in [0.3, 0.4) is 0 Å². The highest BCUT2D eigenvalue weighted by atomic mass is 16.5. The van der Waals surface area contributed by atoms with Crippen LogP contribution in [0.15, 0.2) is 27.4 Å². The number of esters is 1. The molecule has 1 aromatic heterocycles. The molecule has 1 aromatic carbocycles. The smallest absolute Gasteiger partial charge is 0.420 e. The van der Waals surface area contributed by atoms with Crippen molar-refractivity contribution >= 4 is 22.9 Å². The summed E-state index contributed by atoms with van der Waals surface area (Å²) in [6.45, 7) is 7.42. The average molecular weight is 319 g/mol. The number of ketones is 1. The van der Waals surface area contributed by atoms with Gasteiger partial charge in [0.05, 0.1) is 12.1 Å². The highest BCUT2D eigenvalue weighted by Crippen LogP contribution is 2.20. The second-order valence-corrected chi connectivity index (χ2v) is 6.00. The molecule has 0 aliphatic rings. The van der Waals surface area contributed by atoms with Gasteiger partial charge in [-0.2, -0.15) is 0 Å². The number of carbonyl (C=O) groups excluding carboxylic acids is 2. The van der Waals surface area contributed by atoms with E-state index >= 15 is 0 Å². The Balaban J connectivity index is 2.28. The quantitative estimate of drug-likeness (QED) is 0.604. The Morgan fingerprint density at radius 3 is 2.57 bits per heavy atom. The summed E-state index contributed by atoms with van der Waals surface area (Å²) in [7, 11) is 0. The second-order valence-electron chi connectivity index (χ2n) is 6.00. The molecule has 0 spiro atoms. The van der Waals surface area contributed by atoms with Crippen LogP contribution in [0.5, 0.6) is 0 Å². The predicted octanol–water partition coefficient (Wildman–Crippen LogP) is 2.95. The molecule has 23 heavy (non-hydrogen) atoms. The van der Waals surface area contributed by atoms with Gasteiger partial charge >= 0.3 is 11.7 Å². The van der Waals surface area contributed by atoms with E-state index in [4.69, 9.17) is 9.15 Å². The minimum atomic E-state index is -0.793. The number of Topliss-reactive ketones (excluding diaryl/α,β-unsaturated/α-hetero) is 1. The molecule has 0 aliphatic heterocycles. The Hall–Kier alpha value is -2.37. The molecule has 0 N–H and O–H groups in total. The van der Waals surface area contributed by atoms with E-state index in [1.807, 2.05) is 13.8 Å². The van der Waals surface area contributed by atoms with E-state index in [9.17, 15) is 14.4 Å². The highest BCUT2D eigenvalue weighted by Gasteiger charge is 2.23. The molecule has 0 fully saturated rings. The Bertz CT molecular complexity index is 784. The maximum Gasteiger partial charge on any atom is 0.420 e. The summed E-state index contributed by atoms with van der Waals surface area (Å²) in [5, 5.41) is 0. The van der Waals surface area contributed by atoms with Crippen molar-refractivity contribution in [2.24, 2.45) is 5.92 Å². The molecule has 0 saturated heterocycles. The minimum Gasteiger partial charge on any atom is -0.464 e. The summed E-state index contributed by atoms with van der Waals surface area (Å²) in [4.78, 5) is 35.6. The lowest BCUT2D eigenvalue weighted by molar-refractivity contribution is -0.147. The summed E-state index contributed by atoms with van der Waals surface area (Å²) in [6, 6.07) is 3.92. The molecule has 0 saturated carbocycles. The van der Waals surface area contributed by atoms with Crippen molar-refractivity contribution in [3.8, 4) is 0 Å². The molecule has 124 valence electrons. The number of benzene rings is 1. The van der Waals surface area contributed by atoms with Gasteiger partial charge in [0.25, 0.3) is 0 Å². The fourth-order valence-corrected chi connectivity index (χ4v) is 2.24. The van der Waals surface area contributed by atoms with Crippen LogP contribution in [0, 0.1) is 5.92 Å². The number of carbonyl (C=O) groups is 2. The SMILES string of the molecule is CC(=O)c1ccc2c(c1)oc(=O)n2C(C)C(=O)OCCC(C)C. The molecule has 0 aliphatic carbocycles. The molecule has 6 nitrogen and oxygen atoms in total. The zero-order valence-electron chi connectivity index (χ0n) is 13.8. The van der Waals surface area contributed by atoms with Crippen LogP contribution >= 0.6 is 0 Å². The minimum absolute atomic E-state index is 0.122. The van der Waals surface area contributed by atoms with E-state index in [1.165, 1.54) is 17.6 Å². The molecule has 6 heteroatoms. The van der Waals surface area contributed by atoms with E-state index in [1.54, 1.807) is 19.1 Å². The first kappa shape index (κ1) is 17.0. The molecular weight excluding hydrogens is 298 g/mol. The van der Waals surface area contributed by atoms with Gasteiger partial charge < -0.3 is 9.15 Å². The van der Waals surface area contributed by atoms with E-state index in [0.717, 1.165) is 6.42 Å². The van der Waals surface area contributed by atoms with Gasteiger partial charge in [0.2, 0.25) is 0 Å². The molecule has 1 heterocycles. The lowest BCUT2D eigenvalue weighted by Gasteiger charge is -2.13. The largest absolute Gasteiger partial charge is 0.464 e. The number of aromatic nitrogens is 1. The van der Waals surface area contributed by atoms with E-state index in [2.05, 4.69) is 0 Å². The molecular formula is C17H21NO5. The fourth-order valence-electron chi connectivity index (χ4n) is 2.24. The fraction of sp³-hybridized carbons (Fsp3) is 0.471. The molecule has 1 unspecified atom stereocenters. The van der Waals surface area contributed by atoms with Crippen LogP contribution in [0.4, 0.5) is 0 Å². The molecule has 2 aromatic rings. The van der Waals surface area contributed by atoms with Gasteiger partial charge in [-0.15, -0.1) is 0 Å². The van der Waals surface area contributed by atoms with Crippen LogP contribution in [0.1, 0.15) is 50.5 Å². The first-order valence-corrected chi connectivity index (χ1v) is 7.64. The standard InChI is InChI=1S/C17H21NO5/c1-10(2)7-8-22-16(20)11(3)18-14-6-5-13(12(4)19)9-15(14)23-17(18)21/h5-6,9-11H,7-8H2,1-4H3. The maximum atomic E-state index is 12.1. The third-order valence-electron chi connectivity index (χ3n) is 3.69. The predicted molar refractivity (Wildman–Crippen MR) is 85.6 cm³/mol. The topological polar surface area (TPSA) is 78.5 Å². The van der Waals surface area contributed by atoms with Gasteiger partial charge in [-0.3, -0.25) is 9.36 Å². The number of ether oxygens (including phenoxy) is 1. The highest BCUT2D eigenvalue weighted by molar-refractivity contribution is 5.97. The molecule has 0 bridgehead atoms. The van der Waals surface area contributed by atoms with Crippen LogP contribution in [-0.2, 0) is 9.53 Å². The number of fused-ring (bicyclic) bond motifs is 1. The summed E-state index contributed by atoms with van der Waals surface area (Å²) < 4.78 is 11.6. The Morgan fingerprint density at radius 1 is 1.26 bits per heavy atom. The van der Waals surface area contributed by atoms with E-state index < -0.39 is 17.8 Å². The van der Waals surface area contributed by atoms with Gasteiger partial charge in [-0.1, -0.05) is 13.8 Å². The molecule has 0 radical (unpaired) electrons. The summed E-state index contributed by atoms with van der Waals surface area (Å²) >= 11 is 0. The van der Waals surface area contributed by atoms with Crippen LogP contribution < -0.4 is 5.76 Å². The van der Waals surface area contributed by atoms with E-state index in [0.29, 0.717) is 23.6 Å². The zero-order valence-corrected chi connectivity index (χ0v) is 13.8. The van der Waals surface area contributed by atoms with Crippen LogP contribution in [-0.4, -0.2) is 22.9 Å². The average Bonchev–Trinajstić information content (AvgIpc) is 2.80. The third-order valence-corrected chi connectivity index (χ3v) is 3.69. The van der Waals surface area contributed by atoms with Crippen molar-refractivity contribution in [2.75, 3.05) is 6.61 Å². The number of oxazole rings is 1. The van der Waals surface area contributed by atoms with Crippen molar-refractivity contribution in [1.29, 1.82) is 0 Å². The second kappa shape index (κ2) is 6.81. The summed E-state index contributed by atoms with van der Waals surface area (Å²) in [6.07, 6.45) is 0.765. The van der Waals surface area contributed by atoms with Crippen LogP contribution in [0.25, 0.3) is 11.1 Å². The van der Waals surface area contributed by atoms with Crippen molar-refractivity contribution in [3.05, 3.63) is 34.3 Å². The monoisotopic (exact) mass is 319 g/mol. The van der Waals surface area contributed by atoms with E-state index in [-0.39, 0.29) is 11.4 Å². The first-order chi connectivity index (χ1) is 10.8. The lowest BCUT2D eigenvalue weighted by atomic mass is 10.1. The normalized spacial score (nSPS) is 12.6. The molecule has 1 atom stereocenters. The number of nitrogens with zero attached hydrogens (tertiary/aromatic N) is 1. The summed E-state index contributed by atoms with van der Waals surface area (Å²) in [5.41, 5.74) is 1.20. The van der Waals surface area contributed by atoms with Crippen molar-refractivity contribution < 1.29 is 18.7 Å². The lowest BCUT2D eigenvalue weighted by Crippen LogP contribution is -2.26. The van der Waals surface area contributed by atoms with Gasteiger partial charge in [0.1, 0.15) is 6.04 Å². The number of hydrogen-bond donors (Lipinski definition) is 0. The van der Waals surface area contributed by atoms with Gasteiger partial charge in [-0.25, -0.2) is 9.59 Å². The van der Waals surface area contributed by atoms with Crippen molar-refractivity contribution in [2.45, 2.75) is 40.2 Å². The third kappa shape index (κ3) is 3.70. The summed E-state index contributed by atoms with van der Waals surface area (Å²) in [5.74, 6) is -0.816. The van der Waals surface area contributed by atoms with Gasteiger partial charge in [0.15, 0.2) is 11.4 Å². The first-order valence-electron chi connectivity index (χ1n) is 7.64. The van der Waals surface area contributed by atoms with Crippen molar-refractivity contribution in [3.63, 3.8) is 0 Å². The van der Waals surface area contributed by atoms with Crippen LogP contribution in [0.2, 0.25) is 0 Å². The maximum absolute atomic E-state index is 12.1. The molecule has 2 rings (SSSR count). The van der Waals surface area contributed by atoms with Gasteiger partial charge in [0, 0.05) is 5.56 Å². The Morgan fingerprint density at radius 2 is 1.96 bits per heavy atom. The van der Waals surface area contributed by atoms with Crippen molar-refractivity contribution in [1.82, 2.24) is 4.57 Å². The Labute approximate surface area is 134 Å². The van der Waals surface area contributed by atoms with Gasteiger partial charge in [-0.05, 0) is 44.4 Å². The zero-order chi connectivity index (χ0) is 17.1. The number of hydrogen-bond acceptors (Lipinski definition) is 5. The number of rotatable bonds is 6. The Kier molecular flexibility index (Phi) is 5.03. The molecule has 0 amide bonds.